The minimum atomic E-state index is -2.95. The van der Waals surface area contributed by atoms with E-state index in [2.05, 4.69) is 46.1 Å². The SMILES string of the molecule is CC(C)n1nc(-c2cnc(N)c(OC(F)F)c2)cc1[C@H]1[C@@H]2C[C@@H](N3CCOC[C@H]3C)C[C@@H]21. The molecule has 0 radical (unpaired) electrons. The van der Waals surface area contributed by atoms with E-state index in [1.54, 1.807) is 6.20 Å². The molecule has 32 heavy (non-hydrogen) atoms. The molecule has 0 unspecified atom stereocenters. The largest absolute Gasteiger partial charge is 0.431 e. The molecule has 2 aromatic heterocycles. The van der Waals surface area contributed by atoms with Crippen LogP contribution >= 0.6 is 0 Å². The highest BCUT2D eigenvalue weighted by molar-refractivity contribution is 5.64. The summed E-state index contributed by atoms with van der Waals surface area (Å²) in [5.74, 6) is 1.69. The van der Waals surface area contributed by atoms with Gasteiger partial charge in [0.05, 0.1) is 18.9 Å². The molecule has 3 heterocycles. The molecule has 3 aliphatic rings. The van der Waals surface area contributed by atoms with Gasteiger partial charge in [-0.25, -0.2) is 4.98 Å². The Bertz CT molecular complexity index is 969. The van der Waals surface area contributed by atoms with E-state index in [9.17, 15) is 8.78 Å². The van der Waals surface area contributed by atoms with Gasteiger partial charge in [0.1, 0.15) is 0 Å². The first-order valence-electron chi connectivity index (χ1n) is 11.5. The number of alkyl halides is 2. The van der Waals surface area contributed by atoms with Crippen LogP contribution in [-0.2, 0) is 4.74 Å². The van der Waals surface area contributed by atoms with E-state index in [0.29, 0.717) is 41.1 Å². The molecule has 1 saturated heterocycles. The molecule has 7 nitrogen and oxygen atoms in total. The number of hydrogen-bond acceptors (Lipinski definition) is 6. The number of nitrogens with two attached hydrogens (primary N) is 1. The van der Waals surface area contributed by atoms with Crippen molar-refractivity contribution in [2.24, 2.45) is 11.8 Å². The Kier molecular flexibility index (Phi) is 5.57. The van der Waals surface area contributed by atoms with Crippen molar-refractivity contribution in [2.75, 3.05) is 25.5 Å². The van der Waals surface area contributed by atoms with Crippen LogP contribution in [0.4, 0.5) is 14.6 Å². The summed E-state index contributed by atoms with van der Waals surface area (Å²) < 4.78 is 37.6. The molecule has 1 aliphatic heterocycles. The fraction of sp³-hybridized carbons (Fsp3) is 0.652. The predicted octanol–water partition coefficient (Wildman–Crippen LogP) is 3.92. The number of ether oxygens (including phenoxy) is 2. The first-order chi connectivity index (χ1) is 15.3. The average molecular weight is 448 g/mol. The van der Waals surface area contributed by atoms with Gasteiger partial charge in [0.15, 0.2) is 11.6 Å². The van der Waals surface area contributed by atoms with E-state index in [0.717, 1.165) is 19.8 Å². The van der Waals surface area contributed by atoms with E-state index in [1.165, 1.54) is 24.6 Å². The second kappa shape index (κ2) is 8.26. The second-order valence-corrected chi connectivity index (χ2v) is 9.62. The van der Waals surface area contributed by atoms with Gasteiger partial charge in [-0.3, -0.25) is 9.58 Å². The number of anilines is 1. The standard InChI is InChI=1S/C23H31F2N5O2/c1-12(2)30-19(9-18(28-30)14-6-20(32-23(24)25)22(26)27-10-14)21-16-7-15(8-17(16)21)29-4-5-31-11-13(29)3/h6,9-10,12-13,15-17,21,23H,4-5,7-8,11H2,1-3H3,(H2,26,27)/t13-,15-,16-,17+,21+/m1/s1. The molecule has 0 amide bonds. The summed E-state index contributed by atoms with van der Waals surface area (Å²) in [6.07, 6.45) is 4.00. The highest BCUT2D eigenvalue weighted by Crippen LogP contribution is 2.64. The smallest absolute Gasteiger partial charge is 0.387 e. The summed E-state index contributed by atoms with van der Waals surface area (Å²) in [6, 6.07) is 4.92. The molecule has 174 valence electrons. The number of pyridine rings is 1. The van der Waals surface area contributed by atoms with Crippen molar-refractivity contribution in [3.8, 4) is 17.0 Å². The van der Waals surface area contributed by atoms with Crippen molar-refractivity contribution in [1.82, 2.24) is 19.7 Å². The van der Waals surface area contributed by atoms with Gasteiger partial charge in [0.25, 0.3) is 0 Å². The highest BCUT2D eigenvalue weighted by Gasteiger charge is 2.59. The van der Waals surface area contributed by atoms with Crippen LogP contribution in [0.3, 0.4) is 0 Å². The van der Waals surface area contributed by atoms with Gasteiger partial charge in [-0.05, 0) is 57.6 Å². The minimum Gasteiger partial charge on any atom is -0.431 e. The summed E-state index contributed by atoms with van der Waals surface area (Å²) in [7, 11) is 0. The van der Waals surface area contributed by atoms with Gasteiger partial charge >= 0.3 is 6.61 Å². The van der Waals surface area contributed by atoms with Crippen LogP contribution in [0.1, 0.15) is 51.3 Å². The second-order valence-electron chi connectivity index (χ2n) is 9.62. The van der Waals surface area contributed by atoms with E-state index in [1.807, 2.05) is 0 Å². The van der Waals surface area contributed by atoms with Gasteiger partial charge in [0, 0.05) is 48.0 Å². The Balaban J connectivity index is 1.36. The van der Waals surface area contributed by atoms with Crippen LogP contribution in [0, 0.1) is 11.8 Å². The normalized spacial score (nSPS) is 30.2. The lowest BCUT2D eigenvalue weighted by Crippen LogP contribution is -2.49. The van der Waals surface area contributed by atoms with Crippen LogP contribution < -0.4 is 10.5 Å². The average Bonchev–Trinajstić information content (AvgIpc) is 3.09. The first-order valence-corrected chi connectivity index (χ1v) is 11.5. The molecule has 5 rings (SSSR count). The molecule has 9 heteroatoms. The molecule has 3 fully saturated rings. The van der Waals surface area contributed by atoms with Crippen LogP contribution in [0.2, 0.25) is 0 Å². The number of halogens is 2. The minimum absolute atomic E-state index is 0.0577. The number of rotatable bonds is 6. The summed E-state index contributed by atoms with van der Waals surface area (Å²) >= 11 is 0. The number of hydrogen-bond donors (Lipinski definition) is 1. The Morgan fingerprint density at radius 1 is 1.22 bits per heavy atom. The zero-order chi connectivity index (χ0) is 22.6. The van der Waals surface area contributed by atoms with Crippen molar-refractivity contribution in [2.45, 2.75) is 64.3 Å². The first kappa shape index (κ1) is 21.6. The van der Waals surface area contributed by atoms with Gasteiger partial charge in [-0.2, -0.15) is 13.9 Å². The monoisotopic (exact) mass is 447 g/mol. The summed E-state index contributed by atoms with van der Waals surface area (Å²) in [5.41, 5.74) is 8.26. The van der Waals surface area contributed by atoms with E-state index in [-0.39, 0.29) is 17.6 Å². The molecule has 2 saturated carbocycles. The van der Waals surface area contributed by atoms with Crippen LogP contribution in [0.5, 0.6) is 5.75 Å². The summed E-state index contributed by atoms with van der Waals surface area (Å²) in [5, 5.41) is 4.81. The van der Waals surface area contributed by atoms with E-state index < -0.39 is 6.61 Å². The number of morpholine rings is 1. The van der Waals surface area contributed by atoms with E-state index >= 15 is 0 Å². The Labute approximate surface area is 186 Å². The van der Waals surface area contributed by atoms with Crippen molar-refractivity contribution < 1.29 is 18.3 Å². The van der Waals surface area contributed by atoms with Gasteiger partial charge in [-0.1, -0.05) is 0 Å². The number of nitrogen functional groups attached to an aromatic ring is 1. The molecule has 2 aromatic rings. The van der Waals surface area contributed by atoms with Crippen molar-refractivity contribution >= 4 is 5.82 Å². The number of fused-ring (bicyclic) bond motifs is 1. The fourth-order valence-corrected chi connectivity index (χ4v) is 5.80. The van der Waals surface area contributed by atoms with Gasteiger partial charge in [0.2, 0.25) is 0 Å². The maximum atomic E-state index is 12.7. The zero-order valence-electron chi connectivity index (χ0n) is 18.7. The Hall–Kier alpha value is -2.26. The van der Waals surface area contributed by atoms with Crippen molar-refractivity contribution in [1.29, 1.82) is 0 Å². The summed E-state index contributed by atoms with van der Waals surface area (Å²) in [4.78, 5) is 6.66. The third kappa shape index (κ3) is 3.85. The third-order valence-electron chi connectivity index (χ3n) is 7.30. The molecule has 0 bridgehead atoms. The molecule has 2 aliphatic carbocycles. The molecule has 2 N–H and O–H groups in total. The number of aromatic nitrogens is 3. The third-order valence-corrected chi connectivity index (χ3v) is 7.30. The molecule has 0 spiro atoms. The Morgan fingerprint density at radius 3 is 2.62 bits per heavy atom. The van der Waals surface area contributed by atoms with Crippen LogP contribution in [-0.4, -0.2) is 58.1 Å². The highest BCUT2D eigenvalue weighted by atomic mass is 19.3. The molecular formula is C23H31F2N5O2. The molecular weight excluding hydrogens is 416 g/mol. The van der Waals surface area contributed by atoms with E-state index in [4.69, 9.17) is 15.6 Å². The van der Waals surface area contributed by atoms with Crippen molar-refractivity contribution in [3.05, 3.63) is 24.0 Å². The van der Waals surface area contributed by atoms with Crippen molar-refractivity contribution in [3.63, 3.8) is 0 Å². The van der Waals surface area contributed by atoms with Gasteiger partial charge < -0.3 is 15.2 Å². The molecule has 5 atom stereocenters. The lowest BCUT2D eigenvalue weighted by molar-refractivity contribution is -0.0494. The maximum Gasteiger partial charge on any atom is 0.387 e. The lowest BCUT2D eigenvalue weighted by atomic mass is 10.0. The zero-order valence-corrected chi connectivity index (χ0v) is 18.7. The Morgan fingerprint density at radius 2 is 1.97 bits per heavy atom. The summed E-state index contributed by atoms with van der Waals surface area (Å²) in [6.45, 7) is 6.21. The van der Waals surface area contributed by atoms with Crippen LogP contribution in [0.25, 0.3) is 11.3 Å². The topological polar surface area (TPSA) is 78.4 Å². The predicted molar refractivity (Wildman–Crippen MR) is 117 cm³/mol. The van der Waals surface area contributed by atoms with Gasteiger partial charge in [-0.15, -0.1) is 0 Å². The van der Waals surface area contributed by atoms with Crippen LogP contribution in [0.15, 0.2) is 18.3 Å². The molecule has 0 aromatic carbocycles. The maximum absolute atomic E-state index is 12.7. The lowest BCUT2D eigenvalue weighted by Gasteiger charge is -2.38. The number of nitrogens with zero attached hydrogens (tertiary/aromatic N) is 4. The quantitative estimate of drug-likeness (QED) is 0.723. The fourth-order valence-electron chi connectivity index (χ4n) is 5.80.